The summed E-state index contributed by atoms with van der Waals surface area (Å²) in [7, 11) is 0. The van der Waals surface area contributed by atoms with Gasteiger partial charge in [-0.3, -0.25) is 4.79 Å². The molecule has 3 aromatic rings. The molecule has 5 heteroatoms. The summed E-state index contributed by atoms with van der Waals surface area (Å²) in [6.07, 6.45) is 4.09. The van der Waals surface area contributed by atoms with Crippen molar-refractivity contribution in [1.82, 2.24) is 5.32 Å². The van der Waals surface area contributed by atoms with Crippen molar-refractivity contribution >= 4 is 29.6 Å². The summed E-state index contributed by atoms with van der Waals surface area (Å²) in [6, 6.07) is 21.8. The molecule has 0 aliphatic heterocycles. The number of halogens is 1. The molecule has 1 N–H and O–H groups in total. The van der Waals surface area contributed by atoms with Crippen molar-refractivity contribution in [3.05, 3.63) is 100 Å². The lowest BCUT2D eigenvalue weighted by atomic mass is 9.98. The van der Waals surface area contributed by atoms with E-state index in [1.807, 2.05) is 42.5 Å². The number of benzene rings is 3. The Hall–Kier alpha value is -3.37. The van der Waals surface area contributed by atoms with Gasteiger partial charge in [-0.1, -0.05) is 78.4 Å². The SMILES string of the molecule is CC(=O)c1ccc(C=CCCNC(=O)OCC2c3ccccc3-c3ccccc32)cc1Cl. The van der Waals surface area contributed by atoms with Gasteiger partial charge in [0.1, 0.15) is 6.61 Å². The maximum absolute atomic E-state index is 12.2. The van der Waals surface area contributed by atoms with Gasteiger partial charge in [-0.15, -0.1) is 0 Å². The van der Waals surface area contributed by atoms with Crippen LogP contribution in [-0.2, 0) is 4.74 Å². The van der Waals surface area contributed by atoms with Crippen LogP contribution in [0.15, 0.2) is 72.8 Å². The number of carbonyl (C=O) groups excluding carboxylic acids is 2. The van der Waals surface area contributed by atoms with Crippen LogP contribution in [-0.4, -0.2) is 25.0 Å². The normalized spacial score (nSPS) is 12.4. The molecule has 3 aromatic carbocycles. The number of ketones is 1. The van der Waals surface area contributed by atoms with Crippen molar-refractivity contribution in [2.45, 2.75) is 19.3 Å². The van der Waals surface area contributed by atoms with E-state index in [0.29, 0.717) is 30.2 Å². The average Bonchev–Trinajstić information content (AvgIpc) is 3.11. The molecule has 0 heterocycles. The Balaban J connectivity index is 1.26. The monoisotopic (exact) mass is 445 g/mol. The molecule has 4 rings (SSSR count). The molecule has 0 aromatic heterocycles. The third kappa shape index (κ3) is 4.76. The highest BCUT2D eigenvalue weighted by Gasteiger charge is 2.28. The Bertz CT molecular complexity index is 1140. The van der Waals surface area contributed by atoms with Crippen molar-refractivity contribution in [3.8, 4) is 11.1 Å². The quantitative estimate of drug-likeness (QED) is 0.334. The lowest BCUT2D eigenvalue weighted by molar-refractivity contribution is 0.101. The number of rotatable bonds is 7. The number of fused-ring (bicyclic) bond motifs is 3. The van der Waals surface area contributed by atoms with Gasteiger partial charge < -0.3 is 10.1 Å². The maximum Gasteiger partial charge on any atom is 0.407 e. The Morgan fingerprint density at radius 2 is 1.66 bits per heavy atom. The number of hydrogen-bond donors (Lipinski definition) is 1. The van der Waals surface area contributed by atoms with Gasteiger partial charge in [-0.05, 0) is 53.3 Å². The summed E-state index contributed by atoms with van der Waals surface area (Å²) in [5, 5.41) is 3.23. The Morgan fingerprint density at radius 3 is 2.28 bits per heavy atom. The van der Waals surface area contributed by atoms with Crippen molar-refractivity contribution in [2.75, 3.05) is 13.2 Å². The maximum atomic E-state index is 12.2. The zero-order valence-electron chi connectivity index (χ0n) is 17.8. The summed E-state index contributed by atoms with van der Waals surface area (Å²) in [4.78, 5) is 23.6. The van der Waals surface area contributed by atoms with Crippen molar-refractivity contribution in [2.24, 2.45) is 0 Å². The third-order valence-corrected chi connectivity index (χ3v) is 5.92. The van der Waals surface area contributed by atoms with Crippen LogP contribution < -0.4 is 5.32 Å². The van der Waals surface area contributed by atoms with E-state index in [2.05, 4.69) is 29.6 Å². The first-order chi connectivity index (χ1) is 15.5. The minimum Gasteiger partial charge on any atom is -0.449 e. The van der Waals surface area contributed by atoms with Crippen LogP contribution in [0.4, 0.5) is 4.79 Å². The number of nitrogens with one attached hydrogen (secondary N) is 1. The number of hydrogen-bond acceptors (Lipinski definition) is 3. The lowest BCUT2D eigenvalue weighted by Gasteiger charge is -2.14. The van der Waals surface area contributed by atoms with Crippen molar-refractivity contribution in [3.63, 3.8) is 0 Å². The van der Waals surface area contributed by atoms with Gasteiger partial charge in [0.2, 0.25) is 0 Å². The number of Topliss-reactive ketones (excluding diaryl/α,β-unsaturated/α-hetero) is 1. The molecule has 0 saturated carbocycles. The first-order valence-electron chi connectivity index (χ1n) is 10.6. The zero-order chi connectivity index (χ0) is 22.5. The first kappa shape index (κ1) is 21.8. The van der Waals surface area contributed by atoms with Crippen LogP contribution in [0.2, 0.25) is 5.02 Å². The van der Waals surface area contributed by atoms with E-state index in [1.165, 1.54) is 29.2 Å². The summed E-state index contributed by atoms with van der Waals surface area (Å²) >= 11 is 6.13. The van der Waals surface area contributed by atoms with E-state index in [9.17, 15) is 9.59 Å². The topological polar surface area (TPSA) is 55.4 Å². The van der Waals surface area contributed by atoms with Crippen LogP contribution in [0.3, 0.4) is 0 Å². The summed E-state index contributed by atoms with van der Waals surface area (Å²) in [5.41, 5.74) is 6.22. The Kier molecular flexibility index (Phi) is 6.72. The number of amides is 1. The largest absolute Gasteiger partial charge is 0.449 e. The van der Waals surface area contributed by atoms with E-state index in [-0.39, 0.29) is 11.7 Å². The Labute approximate surface area is 192 Å². The van der Waals surface area contributed by atoms with E-state index < -0.39 is 6.09 Å². The minimum atomic E-state index is -0.422. The second-order valence-electron chi connectivity index (χ2n) is 7.74. The molecule has 0 unspecified atom stereocenters. The molecule has 0 bridgehead atoms. The van der Waals surface area contributed by atoms with Crippen LogP contribution in [0.1, 0.15) is 46.3 Å². The molecular weight excluding hydrogens is 422 g/mol. The molecule has 0 spiro atoms. The Morgan fingerprint density at radius 1 is 1.00 bits per heavy atom. The minimum absolute atomic E-state index is 0.0516. The molecule has 1 amide bonds. The van der Waals surface area contributed by atoms with E-state index in [1.54, 1.807) is 12.1 Å². The van der Waals surface area contributed by atoms with E-state index in [0.717, 1.165) is 5.56 Å². The molecule has 1 aliphatic rings. The highest BCUT2D eigenvalue weighted by molar-refractivity contribution is 6.34. The molecule has 32 heavy (non-hydrogen) atoms. The average molecular weight is 446 g/mol. The molecule has 0 atom stereocenters. The standard InChI is InChI=1S/C27H24ClNO3/c1-18(30)20-14-13-19(16-26(20)28)8-6-7-15-29-27(31)32-17-25-23-11-4-2-9-21(23)22-10-3-5-12-24(22)25/h2-6,8-14,16,25H,7,15,17H2,1H3,(H,29,31). The van der Waals surface area contributed by atoms with Crippen molar-refractivity contribution in [1.29, 1.82) is 0 Å². The number of ether oxygens (including phenoxy) is 1. The van der Waals surface area contributed by atoms with Crippen LogP contribution >= 0.6 is 11.6 Å². The van der Waals surface area contributed by atoms with Gasteiger partial charge in [0.15, 0.2) is 5.78 Å². The second kappa shape index (κ2) is 9.84. The van der Waals surface area contributed by atoms with Crippen LogP contribution in [0.25, 0.3) is 17.2 Å². The van der Waals surface area contributed by atoms with Crippen molar-refractivity contribution < 1.29 is 14.3 Å². The predicted molar refractivity (Wildman–Crippen MR) is 128 cm³/mol. The summed E-state index contributed by atoms with van der Waals surface area (Å²) in [6.45, 7) is 2.26. The molecular formula is C27H24ClNO3. The molecule has 0 saturated heterocycles. The van der Waals surface area contributed by atoms with Gasteiger partial charge in [0.25, 0.3) is 0 Å². The highest BCUT2D eigenvalue weighted by Crippen LogP contribution is 2.44. The molecule has 0 fully saturated rings. The van der Waals surface area contributed by atoms with E-state index >= 15 is 0 Å². The molecule has 0 radical (unpaired) electrons. The van der Waals surface area contributed by atoms with Gasteiger partial charge in [-0.25, -0.2) is 4.79 Å². The van der Waals surface area contributed by atoms with Gasteiger partial charge in [0.05, 0.1) is 5.02 Å². The van der Waals surface area contributed by atoms with Gasteiger partial charge >= 0.3 is 6.09 Å². The summed E-state index contributed by atoms with van der Waals surface area (Å²) in [5.74, 6) is -0.00593. The fourth-order valence-corrected chi connectivity index (χ4v) is 4.37. The molecule has 1 aliphatic carbocycles. The zero-order valence-corrected chi connectivity index (χ0v) is 18.6. The number of carbonyl (C=O) groups is 2. The first-order valence-corrected chi connectivity index (χ1v) is 11.0. The lowest BCUT2D eigenvalue weighted by Crippen LogP contribution is -2.26. The van der Waals surface area contributed by atoms with Gasteiger partial charge in [0, 0.05) is 18.0 Å². The van der Waals surface area contributed by atoms with Crippen LogP contribution in [0.5, 0.6) is 0 Å². The predicted octanol–water partition coefficient (Wildman–Crippen LogP) is 6.48. The second-order valence-corrected chi connectivity index (χ2v) is 8.15. The van der Waals surface area contributed by atoms with E-state index in [4.69, 9.17) is 16.3 Å². The molecule has 4 nitrogen and oxygen atoms in total. The van der Waals surface area contributed by atoms with Crippen LogP contribution in [0, 0.1) is 0 Å². The number of alkyl carbamates (subject to hydrolysis) is 1. The fourth-order valence-electron chi connectivity index (χ4n) is 4.05. The summed E-state index contributed by atoms with van der Waals surface area (Å²) < 4.78 is 5.53. The molecule has 162 valence electrons. The smallest absolute Gasteiger partial charge is 0.407 e. The highest BCUT2D eigenvalue weighted by atomic mass is 35.5. The van der Waals surface area contributed by atoms with Gasteiger partial charge in [-0.2, -0.15) is 0 Å². The third-order valence-electron chi connectivity index (χ3n) is 5.61. The fraction of sp³-hybridized carbons (Fsp3) is 0.185.